The Hall–Kier alpha value is -2.67. The van der Waals surface area contributed by atoms with Gasteiger partial charge in [0.15, 0.2) is 0 Å². The number of nitrogens with zero attached hydrogens (tertiary/aromatic N) is 3. The molecule has 0 unspecified atom stereocenters. The number of hydrogen-bond acceptors (Lipinski definition) is 6. The quantitative estimate of drug-likeness (QED) is 0.685. The topological polar surface area (TPSA) is 76.7 Å². The minimum atomic E-state index is -0.232. The molecule has 0 aliphatic heterocycles. The highest BCUT2D eigenvalue weighted by molar-refractivity contribution is 7.98. The number of nitrogen functional groups attached to an aromatic ring is 1. The summed E-state index contributed by atoms with van der Waals surface area (Å²) in [6.45, 7) is 1.99. The Morgan fingerprint density at radius 2 is 1.88 bits per heavy atom. The molecule has 1 aromatic heterocycles. The van der Waals surface area contributed by atoms with E-state index >= 15 is 0 Å². The van der Waals surface area contributed by atoms with Gasteiger partial charge in [-0.25, -0.2) is 4.39 Å². The van der Waals surface area contributed by atoms with Crippen LogP contribution in [0.2, 0.25) is 0 Å². The Balaban J connectivity index is 1.70. The van der Waals surface area contributed by atoms with E-state index in [-0.39, 0.29) is 17.0 Å². The number of thioether (sulfide) groups is 1. The third kappa shape index (κ3) is 4.90. The molecular formula is C18H18FN5S. The highest BCUT2D eigenvalue weighted by atomic mass is 32.2. The van der Waals surface area contributed by atoms with E-state index in [1.807, 2.05) is 43.3 Å². The summed E-state index contributed by atoms with van der Waals surface area (Å²) in [5.74, 6) is 1.59. The zero-order chi connectivity index (χ0) is 17.6. The molecule has 3 rings (SSSR count). The van der Waals surface area contributed by atoms with Gasteiger partial charge in [-0.05, 0) is 36.8 Å². The highest BCUT2D eigenvalue weighted by Gasteiger charge is 2.13. The Bertz CT molecular complexity index is 844. The van der Waals surface area contributed by atoms with Crippen molar-refractivity contribution in [2.45, 2.75) is 17.9 Å². The predicted octanol–water partition coefficient (Wildman–Crippen LogP) is 4.33. The van der Waals surface area contributed by atoms with E-state index in [1.54, 1.807) is 17.8 Å². The zero-order valence-corrected chi connectivity index (χ0v) is 14.5. The van der Waals surface area contributed by atoms with Gasteiger partial charge in [-0.1, -0.05) is 30.3 Å². The van der Waals surface area contributed by atoms with E-state index in [4.69, 9.17) is 5.73 Å². The molecule has 0 amide bonds. The first-order valence-electron chi connectivity index (χ1n) is 7.80. The SMILES string of the molecule is C[C@H](SCc1cccc(F)c1)c1nc(N)nc(Nc2ccccc2)n1. The largest absolute Gasteiger partial charge is 0.368 e. The minimum Gasteiger partial charge on any atom is -0.368 e. The summed E-state index contributed by atoms with van der Waals surface area (Å²) >= 11 is 1.61. The summed E-state index contributed by atoms with van der Waals surface area (Å²) < 4.78 is 13.3. The number of nitrogens with two attached hydrogens (primary N) is 1. The van der Waals surface area contributed by atoms with Gasteiger partial charge in [-0.3, -0.25) is 0 Å². The average molecular weight is 355 g/mol. The predicted molar refractivity (Wildman–Crippen MR) is 100 cm³/mol. The molecule has 128 valence electrons. The van der Waals surface area contributed by atoms with Crippen LogP contribution in [0, 0.1) is 5.82 Å². The van der Waals surface area contributed by atoms with Gasteiger partial charge in [0.2, 0.25) is 11.9 Å². The third-order valence-electron chi connectivity index (χ3n) is 3.45. The molecule has 0 saturated heterocycles. The van der Waals surface area contributed by atoms with Crippen molar-refractivity contribution in [3.63, 3.8) is 0 Å². The van der Waals surface area contributed by atoms with E-state index in [2.05, 4.69) is 20.3 Å². The van der Waals surface area contributed by atoms with Crippen molar-refractivity contribution in [1.82, 2.24) is 15.0 Å². The first-order valence-corrected chi connectivity index (χ1v) is 8.84. The fraction of sp³-hybridized carbons (Fsp3) is 0.167. The van der Waals surface area contributed by atoms with Crippen LogP contribution in [0.15, 0.2) is 54.6 Å². The monoisotopic (exact) mass is 355 g/mol. The highest BCUT2D eigenvalue weighted by Crippen LogP contribution is 2.30. The molecule has 25 heavy (non-hydrogen) atoms. The van der Waals surface area contributed by atoms with Crippen LogP contribution in [0.1, 0.15) is 23.6 Å². The molecule has 5 nitrogen and oxygen atoms in total. The molecule has 0 radical (unpaired) electrons. The maximum Gasteiger partial charge on any atom is 0.232 e. The number of rotatable bonds is 6. The second kappa shape index (κ2) is 7.94. The van der Waals surface area contributed by atoms with Gasteiger partial charge < -0.3 is 11.1 Å². The van der Waals surface area contributed by atoms with E-state index in [0.717, 1.165) is 11.3 Å². The van der Waals surface area contributed by atoms with Crippen LogP contribution < -0.4 is 11.1 Å². The number of benzene rings is 2. The first kappa shape index (κ1) is 17.2. The Morgan fingerprint density at radius 1 is 1.08 bits per heavy atom. The lowest BCUT2D eigenvalue weighted by atomic mass is 10.2. The summed E-state index contributed by atoms with van der Waals surface area (Å²) in [7, 11) is 0. The van der Waals surface area contributed by atoms with Crippen LogP contribution in [-0.4, -0.2) is 15.0 Å². The number of halogens is 1. The standard InChI is InChI=1S/C18H18FN5S/c1-12(25-11-13-6-5-7-14(19)10-13)16-22-17(20)24-18(23-16)21-15-8-3-2-4-9-15/h2-10,12H,11H2,1H3,(H3,20,21,22,23,24)/t12-/m0/s1. The van der Waals surface area contributed by atoms with Crippen LogP contribution in [0.5, 0.6) is 0 Å². The van der Waals surface area contributed by atoms with Crippen molar-refractivity contribution < 1.29 is 4.39 Å². The van der Waals surface area contributed by atoms with Crippen molar-refractivity contribution in [3.05, 3.63) is 71.8 Å². The Kier molecular flexibility index (Phi) is 5.45. The molecule has 0 saturated carbocycles. The number of aromatic nitrogens is 3. The van der Waals surface area contributed by atoms with E-state index < -0.39 is 0 Å². The maximum atomic E-state index is 13.3. The minimum absolute atomic E-state index is 0.00936. The molecular weight excluding hydrogens is 337 g/mol. The van der Waals surface area contributed by atoms with Crippen LogP contribution >= 0.6 is 11.8 Å². The summed E-state index contributed by atoms with van der Waals surface area (Å²) in [6.07, 6.45) is 0. The molecule has 3 aromatic rings. The van der Waals surface area contributed by atoms with Gasteiger partial charge in [0.05, 0.1) is 5.25 Å². The van der Waals surface area contributed by atoms with Crippen molar-refractivity contribution in [2.75, 3.05) is 11.1 Å². The second-order valence-corrected chi connectivity index (χ2v) is 6.78. The van der Waals surface area contributed by atoms with Gasteiger partial charge in [0.1, 0.15) is 11.6 Å². The summed E-state index contributed by atoms with van der Waals surface area (Å²) in [5.41, 5.74) is 7.61. The number of para-hydroxylation sites is 1. The lowest BCUT2D eigenvalue weighted by Gasteiger charge is -2.12. The van der Waals surface area contributed by atoms with Gasteiger partial charge >= 0.3 is 0 Å². The normalized spacial score (nSPS) is 11.9. The van der Waals surface area contributed by atoms with Gasteiger partial charge in [0, 0.05) is 11.4 Å². The van der Waals surface area contributed by atoms with Crippen LogP contribution in [0.25, 0.3) is 0 Å². The van der Waals surface area contributed by atoms with E-state index in [1.165, 1.54) is 12.1 Å². The number of hydrogen-bond donors (Lipinski definition) is 2. The molecule has 0 aliphatic rings. The molecule has 2 aromatic carbocycles. The lowest BCUT2D eigenvalue weighted by molar-refractivity contribution is 0.626. The molecule has 0 bridgehead atoms. The van der Waals surface area contributed by atoms with Crippen molar-refractivity contribution in [1.29, 1.82) is 0 Å². The average Bonchev–Trinajstić information content (AvgIpc) is 2.60. The van der Waals surface area contributed by atoms with Gasteiger partial charge in [0.25, 0.3) is 0 Å². The molecule has 3 N–H and O–H groups in total. The molecule has 0 fully saturated rings. The molecule has 7 heteroatoms. The molecule has 1 atom stereocenters. The van der Waals surface area contributed by atoms with E-state index in [9.17, 15) is 4.39 Å². The molecule has 0 spiro atoms. The fourth-order valence-corrected chi connectivity index (χ4v) is 3.10. The lowest BCUT2D eigenvalue weighted by Crippen LogP contribution is -2.08. The van der Waals surface area contributed by atoms with E-state index in [0.29, 0.717) is 17.5 Å². The molecule has 1 heterocycles. The fourth-order valence-electron chi connectivity index (χ4n) is 2.22. The zero-order valence-electron chi connectivity index (χ0n) is 13.7. The summed E-state index contributed by atoms with van der Waals surface area (Å²) in [4.78, 5) is 12.8. The smallest absolute Gasteiger partial charge is 0.232 e. The van der Waals surface area contributed by atoms with Crippen LogP contribution in [0.4, 0.5) is 22.0 Å². The second-order valence-electron chi connectivity index (χ2n) is 5.45. The van der Waals surface area contributed by atoms with Crippen molar-refractivity contribution in [3.8, 4) is 0 Å². The summed E-state index contributed by atoms with van der Waals surface area (Å²) in [6, 6.07) is 16.2. The Labute approximate surface area is 149 Å². The first-order chi connectivity index (χ1) is 12.1. The maximum absolute atomic E-state index is 13.3. The van der Waals surface area contributed by atoms with Crippen LogP contribution in [-0.2, 0) is 5.75 Å². The van der Waals surface area contributed by atoms with Crippen LogP contribution in [0.3, 0.4) is 0 Å². The third-order valence-corrected chi connectivity index (χ3v) is 4.66. The van der Waals surface area contributed by atoms with Gasteiger partial charge in [-0.15, -0.1) is 11.8 Å². The number of anilines is 3. The molecule has 0 aliphatic carbocycles. The van der Waals surface area contributed by atoms with Gasteiger partial charge in [-0.2, -0.15) is 15.0 Å². The van der Waals surface area contributed by atoms with Crippen molar-refractivity contribution >= 4 is 29.3 Å². The summed E-state index contributed by atoms with van der Waals surface area (Å²) in [5, 5.41) is 3.11. The van der Waals surface area contributed by atoms with Crippen molar-refractivity contribution in [2.24, 2.45) is 0 Å². The number of nitrogens with one attached hydrogen (secondary N) is 1. The Morgan fingerprint density at radius 3 is 2.64 bits per heavy atom.